The summed E-state index contributed by atoms with van der Waals surface area (Å²) < 4.78 is 0. The van der Waals surface area contributed by atoms with E-state index < -0.39 is 0 Å². The summed E-state index contributed by atoms with van der Waals surface area (Å²) >= 11 is 0. The lowest BCUT2D eigenvalue weighted by atomic mass is 9.64. The average Bonchev–Trinajstić information content (AvgIpc) is 2.13. The first-order chi connectivity index (χ1) is 7.66. The predicted molar refractivity (Wildman–Crippen MR) is 75.1 cm³/mol. The van der Waals surface area contributed by atoms with Gasteiger partial charge in [0, 0.05) is 18.6 Å². The van der Waals surface area contributed by atoms with Crippen LogP contribution in [0.25, 0.3) is 0 Å². The van der Waals surface area contributed by atoms with E-state index >= 15 is 0 Å². The van der Waals surface area contributed by atoms with Gasteiger partial charge < -0.3 is 0 Å². The van der Waals surface area contributed by atoms with E-state index in [2.05, 4.69) is 46.4 Å². The summed E-state index contributed by atoms with van der Waals surface area (Å²) in [5, 5.41) is 0. The van der Waals surface area contributed by atoms with E-state index in [0.717, 1.165) is 17.8 Å². The molecule has 2 aliphatic rings. The molecule has 1 saturated carbocycles. The highest BCUT2D eigenvalue weighted by Crippen LogP contribution is 2.46. The molecule has 0 aromatic heterocycles. The molecule has 0 amide bonds. The average molecular weight is 237 g/mol. The Kier molecular flexibility index (Phi) is 3.36. The van der Waals surface area contributed by atoms with Crippen molar-refractivity contribution in [2.24, 2.45) is 23.2 Å². The van der Waals surface area contributed by atoms with Crippen LogP contribution in [-0.2, 0) is 0 Å². The molecule has 0 radical (unpaired) electrons. The smallest absolute Gasteiger partial charge is 0.0125 e. The summed E-state index contributed by atoms with van der Waals surface area (Å²) in [5.41, 5.74) is 0.881. The Hall–Kier alpha value is -0.0400. The van der Waals surface area contributed by atoms with Crippen LogP contribution >= 0.6 is 0 Å². The summed E-state index contributed by atoms with van der Waals surface area (Å²) in [6, 6.07) is 0. The fourth-order valence-corrected chi connectivity index (χ4v) is 3.82. The van der Waals surface area contributed by atoms with Gasteiger partial charge in [-0.15, -0.1) is 0 Å². The van der Waals surface area contributed by atoms with Gasteiger partial charge in [0.05, 0.1) is 0 Å². The van der Waals surface area contributed by atoms with Crippen molar-refractivity contribution in [2.45, 2.75) is 66.3 Å². The van der Waals surface area contributed by atoms with Crippen molar-refractivity contribution in [3.63, 3.8) is 0 Å². The minimum absolute atomic E-state index is 0.367. The first kappa shape index (κ1) is 13.4. The molecule has 17 heavy (non-hydrogen) atoms. The second-order valence-electron chi connectivity index (χ2n) is 8.58. The Morgan fingerprint density at radius 2 is 1.24 bits per heavy atom. The van der Waals surface area contributed by atoms with Crippen LogP contribution in [0, 0.1) is 23.2 Å². The Bertz CT molecular complexity index is 228. The maximum absolute atomic E-state index is 2.73. The first-order valence-corrected chi connectivity index (χ1v) is 7.41. The number of piperidine rings is 1. The molecule has 2 fully saturated rings. The van der Waals surface area contributed by atoms with Crippen LogP contribution in [0.4, 0.5) is 0 Å². The van der Waals surface area contributed by atoms with Gasteiger partial charge in [-0.2, -0.15) is 0 Å². The lowest BCUT2D eigenvalue weighted by molar-refractivity contribution is -0.0149. The summed E-state index contributed by atoms with van der Waals surface area (Å²) in [6.07, 6.45) is 4.43. The lowest BCUT2D eigenvalue weighted by Crippen LogP contribution is -2.53. The van der Waals surface area contributed by atoms with Crippen LogP contribution in [0.1, 0.15) is 60.8 Å². The maximum Gasteiger partial charge on any atom is 0.0125 e. The van der Waals surface area contributed by atoms with Crippen LogP contribution in [0.3, 0.4) is 0 Å². The fourth-order valence-electron chi connectivity index (χ4n) is 3.82. The van der Waals surface area contributed by atoms with E-state index in [0.29, 0.717) is 11.0 Å². The molecule has 2 unspecified atom stereocenters. The maximum atomic E-state index is 2.73. The van der Waals surface area contributed by atoms with E-state index in [1.54, 1.807) is 0 Å². The largest absolute Gasteiger partial charge is 0.298 e. The van der Waals surface area contributed by atoms with Gasteiger partial charge in [0.1, 0.15) is 0 Å². The molecule has 0 aromatic rings. The summed E-state index contributed by atoms with van der Waals surface area (Å²) in [4.78, 5) is 2.73. The van der Waals surface area contributed by atoms with Gasteiger partial charge in [-0.3, -0.25) is 4.90 Å². The molecule has 2 bridgehead atoms. The molecule has 0 aromatic carbocycles. The Balaban J connectivity index is 2.03. The SMILES string of the molecule is CC(C)(C)C1CC2CC(C1)CN(C(C)(C)C)C2. The Morgan fingerprint density at radius 3 is 1.59 bits per heavy atom. The minimum atomic E-state index is 0.367. The molecule has 0 N–H and O–H groups in total. The summed E-state index contributed by atoms with van der Waals surface area (Å²) in [7, 11) is 0. The van der Waals surface area contributed by atoms with Crippen molar-refractivity contribution in [1.82, 2.24) is 4.90 Å². The van der Waals surface area contributed by atoms with Gasteiger partial charge in [0.25, 0.3) is 0 Å². The molecule has 2 atom stereocenters. The van der Waals surface area contributed by atoms with Gasteiger partial charge >= 0.3 is 0 Å². The van der Waals surface area contributed by atoms with Crippen molar-refractivity contribution in [3.8, 4) is 0 Å². The van der Waals surface area contributed by atoms with Crippen molar-refractivity contribution in [2.75, 3.05) is 13.1 Å². The van der Waals surface area contributed by atoms with E-state index in [1.165, 1.54) is 32.4 Å². The quantitative estimate of drug-likeness (QED) is 0.611. The van der Waals surface area contributed by atoms with Crippen LogP contribution in [-0.4, -0.2) is 23.5 Å². The lowest BCUT2D eigenvalue weighted by Gasteiger charge is -2.51. The molecule has 1 aliphatic heterocycles. The first-order valence-electron chi connectivity index (χ1n) is 7.41. The zero-order valence-electron chi connectivity index (χ0n) is 12.7. The molecule has 1 heteroatoms. The van der Waals surface area contributed by atoms with Crippen LogP contribution < -0.4 is 0 Å². The summed E-state index contributed by atoms with van der Waals surface area (Å²) in [5.74, 6) is 2.88. The Morgan fingerprint density at radius 1 is 0.765 bits per heavy atom. The van der Waals surface area contributed by atoms with Crippen molar-refractivity contribution in [1.29, 1.82) is 0 Å². The molecule has 1 saturated heterocycles. The highest BCUT2D eigenvalue weighted by molar-refractivity contribution is 4.93. The van der Waals surface area contributed by atoms with E-state index in [1.807, 2.05) is 0 Å². The highest BCUT2D eigenvalue weighted by atomic mass is 15.2. The molecule has 1 aliphatic carbocycles. The topological polar surface area (TPSA) is 3.24 Å². The summed E-state index contributed by atoms with van der Waals surface area (Å²) in [6.45, 7) is 17.1. The molecular formula is C16H31N. The number of nitrogens with zero attached hydrogens (tertiary/aromatic N) is 1. The van der Waals surface area contributed by atoms with Crippen molar-refractivity contribution < 1.29 is 0 Å². The monoisotopic (exact) mass is 237 g/mol. The zero-order valence-corrected chi connectivity index (χ0v) is 12.7. The second-order valence-corrected chi connectivity index (χ2v) is 8.58. The standard InChI is InChI=1S/C16H31N/c1-15(2,3)14-8-12-7-13(9-14)11-17(10-12)16(4,5)6/h12-14H,7-11H2,1-6H3. The number of rotatable bonds is 0. The number of hydrogen-bond donors (Lipinski definition) is 0. The highest BCUT2D eigenvalue weighted by Gasteiger charge is 2.41. The molecule has 0 spiro atoms. The van der Waals surface area contributed by atoms with Crippen molar-refractivity contribution >= 4 is 0 Å². The van der Waals surface area contributed by atoms with E-state index in [-0.39, 0.29) is 0 Å². The fraction of sp³-hybridized carbons (Fsp3) is 1.00. The number of likely N-dealkylation sites (tertiary alicyclic amines) is 1. The third-order valence-corrected chi connectivity index (χ3v) is 5.03. The van der Waals surface area contributed by atoms with Crippen LogP contribution in [0.5, 0.6) is 0 Å². The van der Waals surface area contributed by atoms with Gasteiger partial charge in [0.15, 0.2) is 0 Å². The minimum Gasteiger partial charge on any atom is -0.298 e. The zero-order chi connectivity index (χ0) is 12.8. The molecule has 1 nitrogen and oxygen atoms in total. The number of hydrogen-bond acceptors (Lipinski definition) is 1. The third-order valence-electron chi connectivity index (χ3n) is 5.03. The van der Waals surface area contributed by atoms with Crippen molar-refractivity contribution in [3.05, 3.63) is 0 Å². The molecule has 1 heterocycles. The molecule has 2 rings (SSSR count). The van der Waals surface area contributed by atoms with Gasteiger partial charge in [-0.25, -0.2) is 0 Å². The van der Waals surface area contributed by atoms with E-state index in [9.17, 15) is 0 Å². The second kappa shape index (κ2) is 4.26. The normalized spacial score (nSPS) is 36.0. The van der Waals surface area contributed by atoms with Crippen LogP contribution in [0.2, 0.25) is 0 Å². The van der Waals surface area contributed by atoms with E-state index in [4.69, 9.17) is 0 Å². The predicted octanol–water partition coefficient (Wildman–Crippen LogP) is 4.18. The van der Waals surface area contributed by atoms with Gasteiger partial charge in [-0.05, 0) is 63.2 Å². The van der Waals surface area contributed by atoms with Crippen LogP contribution in [0.15, 0.2) is 0 Å². The molecular weight excluding hydrogens is 206 g/mol. The molecule has 100 valence electrons. The van der Waals surface area contributed by atoms with Gasteiger partial charge in [0.2, 0.25) is 0 Å². The number of fused-ring (bicyclic) bond motifs is 2. The third kappa shape index (κ3) is 3.05. The Labute approximate surface area is 108 Å². The van der Waals surface area contributed by atoms with Gasteiger partial charge in [-0.1, -0.05) is 20.8 Å².